The van der Waals surface area contributed by atoms with Gasteiger partial charge in [-0.05, 0) is 78.1 Å². The van der Waals surface area contributed by atoms with Crippen molar-refractivity contribution in [3.63, 3.8) is 0 Å². The van der Waals surface area contributed by atoms with E-state index < -0.39 is 29.6 Å². The van der Waals surface area contributed by atoms with Crippen LogP contribution in [-0.2, 0) is 11.0 Å². The molecule has 0 bridgehead atoms. The van der Waals surface area contributed by atoms with Crippen molar-refractivity contribution >= 4 is 34.4 Å². The molecule has 1 saturated heterocycles. The number of nitrogens with one attached hydrogen (secondary N) is 2. The average molecular weight is 623 g/mol. The first-order chi connectivity index (χ1) is 22.2. The molecule has 0 unspecified atom stereocenters. The molecule has 0 spiro atoms. The van der Waals surface area contributed by atoms with E-state index in [0.29, 0.717) is 46.2 Å². The maximum atomic E-state index is 13.4. The molecule has 1 aromatic heterocycles. The first-order valence-corrected chi connectivity index (χ1v) is 14.8. The van der Waals surface area contributed by atoms with Gasteiger partial charge < -0.3 is 15.5 Å². The van der Waals surface area contributed by atoms with Gasteiger partial charge >= 0.3 is 6.18 Å². The lowest BCUT2D eigenvalue weighted by molar-refractivity contribution is -0.137. The first-order valence-electron chi connectivity index (χ1n) is 14.8. The highest BCUT2D eigenvalue weighted by atomic mass is 19.4. The third-order valence-electron chi connectivity index (χ3n) is 7.96. The molecular formula is C36H29F3N4O3. The van der Waals surface area contributed by atoms with Crippen LogP contribution in [0.4, 0.5) is 19.0 Å². The molecule has 46 heavy (non-hydrogen) atoms. The van der Waals surface area contributed by atoms with Gasteiger partial charge in [0.25, 0.3) is 11.8 Å². The van der Waals surface area contributed by atoms with Crippen LogP contribution in [0.5, 0.6) is 0 Å². The summed E-state index contributed by atoms with van der Waals surface area (Å²) < 4.78 is 39.1. The van der Waals surface area contributed by atoms with Crippen LogP contribution < -0.4 is 10.6 Å². The molecule has 10 heteroatoms. The third kappa shape index (κ3) is 6.61. The Labute approximate surface area is 263 Å². The van der Waals surface area contributed by atoms with Crippen LogP contribution in [-0.4, -0.2) is 40.7 Å². The summed E-state index contributed by atoms with van der Waals surface area (Å²) in [5.41, 5.74) is 2.02. The highest BCUT2D eigenvalue weighted by Gasteiger charge is 2.31. The number of carbonyl (C=O) groups is 3. The van der Waals surface area contributed by atoms with Crippen molar-refractivity contribution in [2.45, 2.75) is 25.1 Å². The first kappa shape index (κ1) is 30.5. The Balaban J connectivity index is 1.19. The molecular weight excluding hydrogens is 593 g/mol. The van der Waals surface area contributed by atoms with E-state index in [-0.39, 0.29) is 17.3 Å². The molecule has 0 radical (unpaired) electrons. The fourth-order valence-electron chi connectivity index (χ4n) is 5.56. The van der Waals surface area contributed by atoms with Gasteiger partial charge in [0.15, 0.2) is 0 Å². The largest absolute Gasteiger partial charge is 0.416 e. The topological polar surface area (TPSA) is 91.4 Å². The molecule has 0 saturated carbocycles. The molecule has 7 nitrogen and oxygen atoms in total. The summed E-state index contributed by atoms with van der Waals surface area (Å²) in [6.45, 7) is 1.33. The summed E-state index contributed by atoms with van der Waals surface area (Å²) in [4.78, 5) is 46.3. The second-order valence-corrected chi connectivity index (χ2v) is 11.0. The number of nitrogens with zero attached hydrogens (tertiary/aromatic N) is 2. The molecule has 6 rings (SSSR count). The molecule has 1 aliphatic heterocycles. The number of alkyl halides is 3. The average Bonchev–Trinajstić information content (AvgIpc) is 3.62. The number of hydrogen-bond donors (Lipinski definition) is 2. The number of aromatic nitrogens is 1. The van der Waals surface area contributed by atoms with Crippen LogP contribution in [0, 0.1) is 0 Å². The zero-order valence-electron chi connectivity index (χ0n) is 24.6. The van der Waals surface area contributed by atoms with E-state index in [0.717, 1.165) is 25.0 Å². The summed E-state index contributed by atoms with van der Waals surface area (Å²) in [5.74, 6) is -0.759. The van der Waals surface area contributed by atoms with Gasteiger partial charge in [-0.1, -0.05) is 60.7 Å². The van der Waals surface area contributed by atoms with Crippen LogP contribution in [0.25, 0.3) is 22.0 Å². The number of carbonyl (C=O) groups excluding carboxylic acids is 3. The number of hydrogen-bond acceptors (Lipinski definition) is 4. The lowest BCUT2D eigenvalue weighted by Gasteiger charge is -2.24. The Bertz CT molecular complexity index is 1900. The molecule has 3 amide bonds. The van der Waals surface area contributed by atoms with Gasteiger partial charge in [-0.25, -0.2) is 4.98 Å². The van der Waals surface area contributed by atoms with E-state index >= 15 is 0 Å². The van der Waals surface area contributed by atoms with Gasteiger partial charge in [0.1, 0.15) is 11.9 Å². The third-order valence-corrected chi connectivity index (χ3v) is 7.96. The molecule has 1 aliphatic rings. The van der Waals surface area contributed by atoms with Gasteiger partial charge in [0.2, 0.25) is 5.91 Å². The van der Waals surface area contributed by atoms with Crippen LogP contribution >= 0.6 is 0 Å². The summed E-state index contributed by atoms with van der Waals surface area (Å²) in [6, 6.07) is 27.9. The molecule has 4 aromatic carbocycles. The molecule has 2 heterocycles. The van der Waals surface area contributed by atoms with E-state index in [2.05, 4.69) is 15.6 Å². The Morgan fingerprint density at radius 2 is 1.46 bits per heavy atom. The Kier molecular flexibility index (Phi) is 8.52. The maximum absolute atomic E-state index is 13.4. The number of halogens is 3. The number of fused-ring (bicyclic) bond motifs is 1. The lowest BCUT2D eigenvalue weighted by atomic mass is 9.98. The maximum Gasteiger partial charge on any atom is 0.416 e. The van der Waals surface area contributed by atoms with E-state index in [9.17, 15) is 27.6 Å². The summed E-state index contributed by atoms with van der Waals surface area (Å²) in [6.07, 6.45) is -2.58. The minimum Gasteiger partial charge on any atom is -0.341 e. The monoisotopic (exact) mass is 622 g/mol. The number of anilines is 1. The minimum absolute atomic E-state index is 0.139. The van der Waals surface area contributed by atoms with Gasteiger partial charge in [-0.2, -0.15) is 13.2 Å². The van der Waals surface area contributed by atoms with Crippen molar-refractivity contribution in [3.05, 3.63) is 131 Å². The van der Waals surface area contributed by atoms with Gasteiger partial charge in [0.05, 0.1) is 11.1 Å². The number of rotatable bonds is 7. The number of likely N-dealkylation sites (tertiary alicyclic amines) is 1. The second-order valence-electron chi connectivity index (χ2n) is 11.0. The Morgan fingerprint density at radius 3 is 2.17 bits per heavy atom. The van der Waals surface area contributed by atoms with Crippen molar-refractivity contribution in [1.82, 2.24) is 15.2 Å². The number of amides is 3. The van der Waals surface area contributed by atoms with Gasteiger partial charge in [-0.15, -0.1) is 0 Å². The standard InChI is InChI=1S/C36H29F3N4O3/c37-36(38,39)27-16-12-23(13-17-27)28-10-4-5-11-29(28)34(45)41-31-19-15-25-22-26(14-18-30(25)40-31)33(44)42-32(24-8-2-1-3-9-24)35(46)43-20-6-7-21-43/h1-5,8-19,22,32H,6-7,20-21H2,(H,42,44)(H,40,41,45)/t32-/m0/s1. The molecule has 1 atom stereocenters. The van der Waals surface area contributed by atoms with E-state index in [1.807, 2.05) is 30.3 Å². The SMILES string of the molecule is O=C(N[C@H](C(=O)N1CCCC1)c1ccccc1)c1ccc2nc(NC(=O)c3ccccc3-c3ccc(C(F)(F)F)cc3)ccc2c1. The second kappa shape index (κ2) is 12.8. The van der Waals surface area contributed by atoms with E-state index in [1.165, 1.54) is 12.1 Å². The normalized spacial score (nSPS) is 13.8. The van der Waals surface area contributed by atoms with Crippen molar-refractivity contribution < 1.29 is 27.6 Å². The predicted molar refractivity (Wildman–Crippen MR) is 169 cm³/mol. The molecule has 1 fully saturated rings. The number of benzene rings is 4. The molecule has 5 aromatic rings. The quantitative estimate of drug-likeness (QED) is 0.200. The number of pyridine rings is 1. The van der Waals surface area contributed by atoms with Crippen molar-refractivity contribution in [2.24, 2.45) is 0 Å². The zero-order valence-corrected chi connectivity index (χ0v) is 24.6. The summed E-state index contributed by atoms with van der Waals surface area (Å²) >= 11 is 0. The van der Waals surface area contributed by atoms with E-state index in [4.69, 9.17) is 0 Å². The van der Waals surface area contributed by atoms with Crippen LogP contribution in [0.3, 0.4) is 0 Å². The highest BCUT2D eigenvalue weighted by molar-refractivity contribution is 6.09. The highest BCUT2D eigenvalue weighted by Crippen LogP contribution is 2.32. The Morgan fingerprint density at radius 1 is 0.761 bits per heavy atom. The fourth-order valence-corrected chi connectivity index (χ4v) is 5.56. The van der Waals surface area contributed by atoms with Crippen molar-refractivity contribution in [3.8, 4) is 11.1 Å². The van der Waals surface area contributed by atoms with E-state index in [1.54, 1.807) is 59.5 Å². The fraction of sp³-hybridized carbons (Fsp3) is 0.167. The van der Waals surface area contributed by atoms with Crippen LogP contribution in [0.1, 0.15) is 50.7 Å². The smallest absolute Gasteiger partial charge is 0.341 e. The van der Waals surface area contributed by atoms with Crippen LogP contribution in [0.15, 0.2) is 109 Å². The molecule has 0 aliphatic carbocycles. The Hall–Kier alpha value is -5.51. The zero-order chi connectivity index (χ0) is 32.3. The minimum atomic E-state index is -4.46. The van der Waals surface area contributed by atoms with Crippen molar-refractivity contribution in [1.29, 1.82) is 0 Å². The van der Waals surface area contributed by atoms with Crippen LogP contribution in [0.2, 0.25) is 0 Å². The predicted octanol–water partition coefficient (Wildman–Crippen LogP) is 7.27. The summed E-state index contributed by atoms with van der Waals surface area (Å²) in [7, 11) is 0. The molecule has 2 N–H and O–H groups in total. The molecule has 232 valence electrons. The van der Waals surface area contributed by atoms with Gasteiger partial charge in [0, 0.05) is 29.6 Å². The van der Waals surface area contributed by atoms with Crippen molar-refractivity contribution in [2.75, 3.05) is 18.4 Å². The summed E-state index contributed by atoms with van der Waals surface area (Å²) in [5, 5.41) is 6.33. The lowest BCUT2D eigenvalue weighted by Crippen LogP contribution is -2.41. The van der Waals surface area contributed by atoms with Gasteiger partial charge in [-0.3, -0.25) is 14.4 Å².